The van der Waals surface area contributed by atoms with Crippen LogP contribution in [0.2, 0.25) is 5.02 Å². The standard InChI is InChI=1S/C20H24BrClN4O3/c1-20(2,3)29-19(27)26-11-5-6-12(26)10-25(9-11)17-13-7-15(22)14(21)8-16(13)23-18(24-17)28-4/h7-8,11-12H,5-6,9-10H2,1-4H3. The van der Waals surface area contributed by atoms with Crippen LogP contribution in [0.1, 0.15) is 33.6 Å². The third-order valence-electron chi connectivity index (χ3n) is 5.27. The molecule has 2 unspecified atom stereocenters. The number of anilines is 1. The van der Waals surface area contributed by atoms with E-state index in [1.54, 1.807) is 7.11 Å². The Balaban J connectivity index is 1.67. The minimum Gasteiger partial charge on any atom is -0.467 e. The van der Waals surface area contributed by atoms with Gasteiger partial charge in [-0.25, -0.2) is 4.79 Å². The van der Waals surface area contributed by atoms with Gasteiger partial charge in [0.25, 0.3) is 0 Å². The van der Waals surface area contributed by atoms with E-state index in [4.69, 9.17) is 21.1 Å². The molecule has 9 heteroatoms. The maximum Gasteiger partial charge on any atom is 0.410 e. The zero-order chi connectivity index (χ0) is 20.9. The van der Waals surface area contributed by atoms with E-state index in [1.807, 2.05) is 37.8 Å². The number of fused-ring (bicyclic) bond motifs is 3. The molecule has 2 aliphatic heterocycles. The second-order valence-corrected chi connectivity index (χ2v) is 9.76. The molecular formula is C20H24BrClN4O3. The van der Waals surface area contributed by atoms with Crippen molar-refractivity contribution in [1.82, 2.24) is 14.9 Å². The minimum absolute atomic E-state index is 0.0885. The topological polar surface area (TPSA) is 67.8 Å². The van der Waals surface area contributed by atoms with E-state index >= 15 is 0 Å². The summed E-state index contributed by atoms with van der Waals surface area (Å²) in [6.45, 7) is 7.04. The van der Waals surface area contributed by atoms with Gasteiger partial charge in [0.2, 0.25) is 0 Å². The largest absolute Gasteiger partial charge is 0.467 e. The highest BCUT2D eigenvalue weighted by atomic mass is 79.9. The van der Waals surface area contributed by atoms with E-state index in [0.717, 1.165) is 34.0 Å². The van der Waals surface area contributed by atoms with Crippen molar-refractivity contribution in [2.45, 2.75) is 51.3 Å². The van der Waals surface area contributed by atoms with Crippen LogP contribution in [0.25, 0.3) is 10.9 Å². The van der Waals surface area contributed by atoms with Crippen LogP contribution >= 0.6 is 27.5 Å². The molecule has 0 radical (unpaired) electrons. The lowest BCUT2D eigenvalue weighted by atomic mass is 10.1. The Labute approximate surface area is 183 Å². The lowest BCUT2D eigenvalue weighted by Crippen LogP contribution is -2.57. The SMILES string of the molecule is COc1nc(N2CC3CCC(C2)N3C(=O)OC(C)(C)C)c2cc(Cl)c(Br)cc2n1. The van der Waals surface area contributed by atoms with Crippen LogP contribution < -0.4 is 9.64 Å². The van der Waals surface area contributed by atoms with E-state index in [0.29, 0.717) is 24.1 Å². The molecule has 0 spiro atoms. The van der Waals surface area contributed by atoms with Crippen molar-refractivity contribution in [2.24, 2.45) is 0 Å². The van der Waals surface area contributed by atoms with E-state index in [2.05, 4.69) is 30.8 Å². The van der Waals surface area contributed by atoms with Crippen LogP contribution in [0.4, 0.5) is 10.6 Å². The van der Waals surface area contributed by atoms with Gasteiger partial charge in [0.05, 0.1) is 29.7 Å². The summed E-state index contributed by atoms with van der Waals surface area (Å²) in [6, 6.07) is 4.23. The van der Waals surface area contributed by atoms with Crippen molar-refractivity contribution in [3.05, 3.63) is 21.6 Å². The average molecular weight is 484 g/mol. The summed E-state index contributed by atoms with van der Waals surface area (Å²) in [5.41, 5.74) is 0.249. The number of rotatable bonds is 2. The number of halogens is 2. The van der Waals surface area contributed by atoms with Crippen molar-refractivity contribution in [3.8, 4) is 6.01 Å². The lowest BCUT2D eigenvalue weighted by Gasteiger charge is -2.42. The van der Waals surface area contributed by atoms with Gasteiger partial charge in [-0.15, -0.1) is 0 Å². The molecule has 2 fully saturated rings. The van der Waals surface area contributed by atoms with Gasteiger partial charge in [-0.05, 0) is 61.7 Å². The molecule has 2 saturated heterocycles. The molecule has 0 N–H and O–H groups in total. The first kappa shape index (κ1) is 20.5. The summed E-state index contributed by atoms with van der Waals surface area (Å²) in [4.78, 5) is 25.9. The van der Waals surface area contributed by atoms with E-state index < -0.39 is 5.60 Å². The zero-order valence-corrected chi connectivity index (χ0v) is 19.2. The molecular weight excluding hydrogens is 460 g/mol. The summed E-state index contributed by atoms with van der Waals surface area (Å²) in [7, 11) is 1.56. The van der Waals surface area contributed by atoms with Crippen LogP contribution in [0.15, 0.2) is 16.6 Å². The maximum absolute atomic E-state index is 12.7. The molecule has 156 valence electrons. The molecule has 3 heterocycles. The van der Waals surface area contributed by atoms with Crippen LogP contribution in [0.5, 0.6) is 6.01 Å². The number of aromatic nitrogens is 2. The van der Waals surface area contributed by atoms with Gasteiger partial charge in [-0.1, -0.05) is 11.6 Å². The fourth-order valence-corrected chi connectivity index (χ4v) is 4.60. The Morgan fingerprint density at radius 3 is 2.45 bits per heavy atom. The first-order valence-electron chi connectivity index (χ1n) is 9.63. The molecule has 7 nitrogen and oxygen atoms in total. The van der Waals surface area contributed by atoms with E-state index in [1.165, 1.54) is 0 Å². The Bertz CT molecular complexity index is 951. The monoisotopic (exact) mass is 482 g/mol. The predicted molar refractivity (Wildman–Crippen MR) is 116 cm³/mol. The molecule has 1 aromatic carbocycles. The van der Waals surface area contributed by atoms with Gasteiger partial charge in [-0.2, -0.15) is 9.97 Å². The molecule has 2 aromatic rings. The van der Waals surface area contributed by atoms with E-state index in [-0.39, 0.29) is 18.2 Å². The zero-order valence-electron chi connectivity index (χ0n) is 16.9. The van der Waals surface area contributed by atoms with Crippen LogP contribution in [0, 0.1) is 0 Å². The van der Waals surface area contributed by atoms with Gasteiger partial charge in [0.1, 0.15) is 11.4 Å². The van der Waals surface area contributed by atoms with Crippen LogP contribution in [-0.4, -0.2) is 58.8 Å². The van der Waals surface area contributed by atoms with Crippen LogP contribution in [-0.2, 0) is 4.74 Å². The molecule has 2 atom stereocenters. The number of piperazine rings is 1. The smallest absolute Gasteiger partial charge is 0.410 e. The van der Waals surface area contributed by atoms with Crippen molar-refractivity contribution in [3.63, 3.8) is 0 Å². The van der Waals surface area contributed by atoms with Crippen molar-refractivity contribution in [2.75, 3.05) is 25.1 Å². The second kappa shape index (κ2) is 7.47. The fraction of sp³-hybridized carbons (Fsp3) is 0.550. The van der Waals surface area contributed by atoms with E-state index in [9.17, 15) is 4.79 Å². The lowest BCUT2D eigenvalue weighted by molar-refractivity contribution is 0.0123. The number of carbonyl (C=O) groups is 1. The molecule has 1 amide bonds. The molecule has 0 saturated carbocycles. The summed E-state index contributed by atoms with van der Waals surface area (Å²) in [6.07, 6.45) is 1.67. The number of amides is 1. The predicted octanol–water partition coefficient (Wildman–Crippen LogP) is 4.64. The quantitative estimate of drug-likeness (QED) is 0.620. The number of ether oxygens (including phenoxy) is 2. The summed E-state index contributed by atoms with van der Waals surface area (Å²) < 4.78 is 11.7. The van der Waals surface area contributed by atoms with Crippen LogP contribution in [0.3, 0.4) is 0 Å². The number of carbonyl (C=O) groups excluding carboxylic acids is 1. The molecule has 4 rings (SSSR count). The van der Waals surface area contributed by atoms with Gasteiger partial charge >= 0.3 is 12.1 Å². The molecule has 0 aliphatic carbocycles. The van der Waals surface area contributed by atoms with Gasteiger partial charge in [0.15, 0.2) is 0 Å². The minimum atomic E-state index is -0.506. The molecule has 2 aliphatic rings. The third-order valence-corrected chi connectivity index (χ3v) is 6.46. The molecule has 29 heavy (non-hydrogen) atoms. The Hall–Kier alpha value is -1.80. The highest BCUT2D eigenvalue weighted by Gasteiger charge is 2.45. The number of hydrogen-bond donors (Lipinski definition) is 0. The number of nitrogens with zero attached hydrogens (tertiary/aromatic N) is 4. The second-order valence-electron chi connectivity index (χ2n) is 8.49. The summed E-state index contributed by atoms with van der Waals surface area (Å²) in [5.74, 6) is 0.780. The third kappa shape index (κ3) is 3.97. The van der Waals surface area contributed by atoms with Crippen molar-refractivity contribution in [1.29, 1.82) is 0 Å². The van der Waals surface area contributed by atoms with Gasteiger partial charge < -0.3 is 14.4 Å². The van der Waals surface area contributed by atoms with Crippen molar-refractivity contribution < 1.29 is 14.3 Å². The number of benzene rings is 1. The first-order chi connectivity index (χ1) is 13.7. The average Bonchev–Trinajstić information content (AvgIpc) is 2.91. The number of hydrogen-bond acceptors (Lipinski definition) is 6. The highest BCUT2D eigenvalue weighted by Crippen LogP contribution is 2.38. The first-order valence-corrected chi connectivity index (χ1v) is 10.8. The normalized spacial score (nSPS) is 21.6. The fourth-order valence-electron chi connectivity index (χ4n) is 4.11. The maximum atomic E-state index is 12.7. The van der Waals surface area contributed by atoms with Gasteiger partial charge in [0, 0.05) is 22.9 Å². The highest BCUT2D eigenvalue weighted by molar-refractivity contribution is 9.10. The number of methoxy groups -OCH3 is 1. The molecule has 2 bridgehead atoms. The summed E-state index contributed by atoms with van der Waals surface area (Å²) in [5, 5.41) is 1.46. The Morgan fingerprint density at radius 2 is 1.86 bits per heavy atom. The summed E-state index contributed by atoms with van der Waals surface area (Å²) >= 11 is 9.80. The Kier molecular flexibility index (Phi) is 5.27. The molecule has 1 aromatic heterocycles. The Morgan fingerprint density at radius 1 is 1.21 bits per heavy atom. The van der Waals surface area contributed by atoms with Gasteiger partial charge in [-0.3, -0.25) is 4.90 Å². The van der Waals surface area contributed by atoms with Crippen molar-refractivity contribution >= 4 is 50.3 Å².